The van der Waals surface area contributed by atoms with Gasteiger partial charge in [0.1, 0.15) is 5.75 Å². The summed E-state index contributed by atoms with van der Waals surface area (Å²) in [4.78, 5) is 63.2. The van der Waals surface area contributed by atoms with Crippen molar-refractivity contribution in [2.24, 2.45) is 0 Å². The molecule has 9 heteroatoms. The van der Waals surface area contributed by atoms with Crippen LogP contribution in [0.5, 0.6) is 5.75 Å². The Morgan fingerprint density at radius 1 is 0.923 bits per heavy atom. The van der Waals surface area contributed by atoms with E-state index >= 15 is 0 Å². The van der Waals surface area contributed by atoms with Gasteiger partial charge >= 0.3 is 5.97 Å². The molecule has 2 aliphatic rings. The number of anilines is 1. The van der Waals surface area contributed by atoms with Crippen molar-refractivity contribution in [3.8, 4) is 5.75 Å². The summed E-state index contributed by atoms with van der Waals surface area (Å²) in [5.74, 6) is -2.26. The van der Waals surface area contributed by atoms with Crippen molar-refractivity contribution in [1.29, 1.82) is 0 Å². The lowest BCUT2D eigenvalue weighted by molar-refractivity contribution is -0.197. The number of carbonyl (C=O) groups is 5. The number of benzene rings is 1. The van der Waals surface area contributed by atoms with Crippen molar-refractivity contribution in [2.75, 3.05) is 11.5 Å². The molecule has 26 heavy (non-hydrogen) atoms. The zero-order valence-corrected chi connectivity index (χ0v) is 13.5. The van der Waals surface area contributed by atoms with Gasteiger partial charge in [0.05, 0.1) is 18.7 Å². The summed E-state index contributed by atoms with van der Waals surface area (Å²) in [6.07, 6.45) is 2.28. The molecule has 2 heterocycles. The van der Waals surface area contributed by atoms with Crippen molar-refractivity contribution in [3.05, 3.63) is 36.4 Å². The molecule has 0 N–H and O–H groups in total. The van der Waals surface area contributed by atoms with E-state index in [2.05, 4.69) is 0 Å². The number of imide groups is 2. The topological polar surface area (TPSA) is 110 Å². The second kappa shape index (κ2) is 7.18. The molecule has 134 valence electrons. The van der Waals surface area contributed by atoms with Crippen LogP contribution in [0, 0.1) is 0 Å². The van der Waals surface area contributed by atoms with E-state index in [9.17, 15) is 24.0 Å². The quantitative estimate of drug-likeness (QED) is 0.681. The molecule has 9 nitrogen and oxygen atoms in total. The molecular weight excluding hydrogens is 344 g/mol. The van der Waals surface area contributed by atoms with Gasteiger partial charge in [0, 0.05) is 25.0 Å². The Balaban J connectivity index is 1.47. The molecular formula is C17H14N2O7. The maximum Gasteiger partial charge on any atom is 0.336 e. The molecule has 3 rings (SSSR count). The third-order valence-electron chi connectivity index (χ3n) is 3.68. The van der Waals surface area contributed by atoms with Gasteiger partial charge in [0.15, 0.2) is 0 Å². The van der Waals surface area contributed by atoms with E-state index in [0.717, 1.165) is 4.90 Å². The first-order valence-corrected chi connectivity index (χ1v) is 7.81. The first-order chi connectivity index (χ1) is 12.5. The number of carbonyl (C=O) groups excluding carboxylic acids is 5. The van der Waals surface area contributed by atoms with E-state index in [4.69, 9.17) is 9.57 Å². The van der Waals surface area contributed by atoms with Gasteiger partial charge in [0.2, 0.25) is 0 Å². The molecule has 1 aromatic carbocycles. The minimum Gasteiger partial charge on any atom is -0.493 e. The molecule has 2 aliphatic heterocycles. The summed E-state index contributed by atoms with van der Waals surface area (Å²) in [7, 11) is 0. The average molecular weight is 358 g/mol. The van der Waals surface area contributed by atoms with Crippen molar-refractivity contribution >= 4 is 35.3 Å². The van der Waals surface area contributed by atoms with Crippen LogP contribution < -0.4 is 9.64 Å². The lowest BCUT2D eigenvalue weighted by Crippen LogP contribution is -2.32. The summed E-state index contributed by atoms with van der Waals surface area (Å²) in [5, 5.41) is 0.481. The normalized spacial score (nSPS) is 16.6. The number of amides is 4. The Kier molecular flexibility index (Phi) is 4.78. The van der Waals surface area contributed by atoms with E-state index in [0.29, 0.717) is 16.5 Å². The van der Waals surface area contributed by atoms with Crippen LogP contribution in [0.15, 0.2) is 36.4 Å². The number of nitrogens with zero attached hydrogens (tertiary/aromatic N) is 2. The fourth-order valence-electron chi connectivity index (χ4n) is 2.40. The monoisotopic (exact) mass is 358 g/mol. The summed E-state index contributed by atoms with van der Waals surface area (Å²) in [6.45, 7) is -0.0302. The van der Waals surface area contributed by atoms with Crippen LogP contribution in [-0.2, 0) is 28.8 Å². The summed E-state index contributed by atoms with van der Waals surface area (Å²) >= 11 is 0. The largest absolute Gasteiger partial charge is 0.493 e. The van der Waals surface area contributed by atoms with Crippen LogP contribution in [0.25, 0.3) is 0 Å². The van der Waals surface area contributed by atoms with E-state index < -0.39 is 29.6 Å². The molecule has 0 saturated carbocycles. The number of hydrogen-bond acceptors (Lipinski definition) is 7. The van der Waals surface area contributed by atoms with Crippen LogP contribution in [0.1, 0.15) is 19.3 Å². The highest BCUT2D eigenvalue weighted by molar-refractivity contribution is 6.28. The van der Waals surface area contributed by atoms with E-state index in [1.54, 1.807) is 12.1 Å². The first kappa shape index (κ1) is 17.3. The Labute approximate surface area is 147 Å². The zero-order chi connectivity index (χ0) is 18.7. The molecule has 0 spiro atoms. The Morgan fingerprint density at radius 3 is 2.08 bits per heavy atom. The van der Waals surface area contributed by atoms with E-state index in [1.807, 2.05) is 0 Å². The Hall–Kier alpha value is -3.49. The van der Waals surface area contributed by atoms with Crippen LogP contribution >= 0.6 is 0 Å². The smallest absolute Gasteiger partial charge is 0.336 e. The minimum absolute atomic E-state index is 0.0302. The fourth-order valence-corrected chi connectivity index (χ4v) is 2.40. The fraction of sp³-hybridized carbons (Fsp3) is 0.235. The average Bonchev–Trinajstić information content (AvgIpc) is 3.11. The molecule has 0 radical (unpaired) electrons. The van der Waals surface area contributed by atoms with Gasteiger partial charge in [-0.2, -0.15) is 0 Å². The van der Waals surface area contributed by atoms with Gasteiger partial charge in [-0.3, -0.25) is 19.2 Å². The minimum atomic E-state index is -0.760. The molecule has 1 aromatic rings. The van der Waals surface area contributed by atoms with Crippen LogP contribution in [0.2, 0.25) is 0 Å². The molecule has 4 amide bonds. The predicted molar refractivity (Wildman–Crippen MR) is 85.4 cm³/mol. The molecule has 0 bridgehead atoms. The Bertz CT molecular complexity index is 779. The van der Waals surface area contributed by atoms with Gasteiger partial charge in [-0.15, -0.1) is 5.06 Å². The molecule has 1 saturated heterocycles. The van der Waals surface area contributed by atoms with Gasteiger partial charge < -0.3 is 9.57 Å². The van der Waals surface area contributed by atoms with E-state index in [-0.39, 0.29) is 25.9 Å². The number of hydrogen-bond donors (Lipinski definition) is 0. The highest BCUT2D eigenvalue weighted by Crippen LogP contribution is 2.22. The molecule has 1 fully saturated rings. The molecule has 0 atom stereocenters. The lowest BCUT2D eigenvalue weighted by atomic mass is 10.2. The Morgan fingerprint density at radius 2 is 1.50 bits per heavy atom. The maximum absolute atomic E-state index is 11.6. The molecule has 0 aliphatic carbocycles. The number of hydroxylamine groups is 2. The van der Waals surface area contributed by atoms with Crippen molar-refractivity contribution in [3.63, 3.8) is 0 Å². The van der Waals surface area contributed by atoms with Gasteiger partial charge in [-0.25, -0.2) is 9.69 Å². The van der Waals surface area contributed by atoms with Crippen LogP contribution in [-0.4, -0.2) is 41.3 Å². The van der Waals surface area contributed by atoms with Crippen molar-refractivity contribution in [2.45, 2.75) is 19.3 Å². The first-order valence-electron chi connectivity index (χ1n) is 7.81. The highest BCUT2D eigenvalue weighted by Gasteiger charge is 2.32. The second-order valence-electron chi connectivity index (χ2n) is 5.48. The van der Waals surface area contributed by atoms with Gasteiger partial charge in [-0.05, 0) is 24.3 Å². The molecule has 0 unspecified atom stereocenters. The molecule has 0 aromatic heterocycles. The van der Waals surface area contributed by atoms with Crippen LogP contribution in [0.3, 0.4) is 0 Å². The van der Waals surface area contributed by atoms with Crippen LogP contribution in [0.4, 0.5) is 5.69 Å². The second-order valence-corrected chi connectivity index (χ2v) is 5.48. The number of ether oxygens (including phenoxy) is 1. The lowest BCUT2D eigenvalue weighted by Gasteiger charge is -2.15. The number of rotatable bonds is 6. The summed E-state index contributed by atoms with van der Waals surface area (Å²) in [5.41, 5.74) is 0.405. The van der Waals surface area contributed by atoms with Crippen molar-refractivity contribution < 1.29 is 33.5 Å². The van der Waals surface area contributed by atoms with Crippen molar-refractivity contribution in [1.82, 2.24) is 5.06 Å². The summed E-state index contributed by atoms with van der Waals surface area (Å²) in [6, 6.07) is 6.18. The standard InChI is InChI=1S/C17H14N2O7/c20-13-5-6-14(21)18(13)11-1-3-12(4-2-11)25-10-9-17(24)26-19-15(22)7-8-16(19)23/h1-6H,7-10H2. The SMILES string of the molecule is O=C(CCOc1ccc(N2C(=O)C=CC2=O)cc1)ON1C(=O)CCC1=O. The summed E-state index contributed by atoms with van der Waals surface area (Å²) < 4.78 is 5.37. The predicted octanol–water partition coefficient (Wildman–Crippen LogP) is 0.492. The van der Waals surface area contributed by atoms with E-state index in [1.165, 1.54) is 24.3 Å². The van der Waals surface area contributed by atoms with Gasteiger partial charge in [0.25, 0.3) is 23.6 Å². The van der Waals surface area contributed by atoms with Gasteiger partial charge in [-0.1, -0.05) is 0 Å². The maximum atomic E-state index is 11.6. The third-order valence-corrected chi connectivity index (χ3v) is 3.68. The zero-order valence-electron chi connectivity index (χ0n) is 13.5. The third kappa shape index (κ3) is 3.61. The highest BCUT2D eigenvalue weighted by atomic mass is 16.7.